The molecular formula is C28H60NO6P. The van der Waals surface area contributed by atoms with E-state index in [1.807, 2.05) is 28.1 Å². The Balaban J connectivity index is 3.59. The highest BCUT2D eigenvalue weighted by molar-refractivity contribution is 7.45. The number of hydrogen-bond donors (Lipinski definition) is 0. The Kier molecular flexibility index (Phi) is 24.1. The lowest BCUT2D eigenvalue weighted by Crippen LogP contribution is -2.37. The zero-order chi connectivity index (χ0) is 27.0. The van der Waals surface area contributed by atoms with Gasteiger partial charge in [0.05, 0.1) is 34.4 Å². The van der Waals surface area contributed by atoms with Crippen molar-refractivity contribution in [1.29, 1.82) is 0 Å². The van der Waals surface area contributed by atoms with Crippen LogP contribution < -0.4 is 4.89 Å². The molecule has 0 radical (unpaired) electrons. The summed E-state index contributed by atoms with van der Waals surface area (Å²) in [6, 6.07) is 0. The summed E-state index contributed by atoms with van der Waals surface area (Å²) < 4.78 is 33.8. The van der Waals surface area contributed by atoms with Crippen LogP contribution in [0.5, 0.6) is 0 Å². The Bertz CT molecular complexity index is 515. The lowest BCUT2D eigenvalue weighted by atomic mass is 10.0. The zero-order valence-corrected chi connectivity index (χ0v) is 25.4. The first kappa shape index (κ1) is 36.0. The summed E-state index contributed by atoms with van der Waals surface area (Å²) in [5.74, 6) is 0. The summed E-state index contributed by atoms with van der Waals surface area (Å²) >= 11 is 0. The van der Waals surface area contributed by atoms with Crippen molar-refractivity contribution in [3.63, 3.8) is 0 Å². The number of unbranched alkanes of at least 4 members (excludes halogenated alkanes) is 15. The summed E-state index contributed by atoms with van der Waals surface area (Å²) in [5, 5.41) is 0. The molecular weight excluding hydrogens is 477 g/mol. The van der Waals surface area contributed by atoms with E-state index in [-0.39, 0.29) is 13.2 Å². The number of likely N-dealkylation sites (N-methyl/N-ethyl adjacent to an activating group) is 1. The molecule has 8 heteroatoms. The molecule has 0 saturated carbocycles. The Hall–Kier alpha value is -0.0100. The highest BCUT2D eigenvalue weighted by Gasteiger charge is 2.17. The van der Waals surface area contributed by atoms with E-state index in [1.165, 1.54) is 96.3 Å². The van der Waals surface area contributed by atoms with Crippen molar-refractivity contribution in [2.75, 3.05) is 60.7 Å². The van der Waals surface area contributed by atoms with Gasteiger partial charge >= 0.3 is 0 Å². The minimum absolute atomic E-state index is 0.0854. The average Bonchev–Trinajstić information content (AvgIpc) is 2.80. The summed E-state index contributed by atoms with van der Waals surface area (Å²) in [6.45, 7) is 6.20. The average molecular weight is 538 g/mol. The third kappa shape index (κ3) is 27.0. The molecule has 7 nitrogen and oxygen atoms in total. The van der Waals surface area contributed by atoms with Crippen LogP contribution in [0.25, 0.3) is 0 Å². The van der Waals surface area contributed by atoms with Gasteiger partial charge in [0.15, 0.2) is 0 Å². The maximum Gasteiger partial charge on any atom is 0.268 e. The van der Waals surface area contributed by atoms with Gasteiger partial charge in [0.2, 0.25) is 0 Å². The lowest BCUT2D eigenvalue weighted by Gasteiger charge is -2.28. The molecule has 36 heavy (non-hydrogen) atoms. The van der Waals surface area contributed by atoms with E-state index >= 15 is 0 Å². The van der Waals surface area contributed by atoms with Crippen LogP contribution in [-0.2, 0) is 23.1 Å². The van der Waals surface area contributed by atoms with Gasteiger partial charge in [0, 0.05) is 13.2 Å². The second-order valence-electron chi connectivity index (χ2n) is 11.0. The Morgan fingerprint density at radius 1 is 0.667 bits per heavy atom. The maximum atomic E-state index is 11.9. The van der Waals surface area contributed by atoms with Crippen LogP contribution in [0.3, 0.4) is 0 Å². The number of phosphoric acid groups is 1. The second-order valence-corrected chi connectivity index (χ2v) is 12.5. The molecule has 0 heterocycles. The molecule has 0 aliphatic heterocycles. The summed E-state index contributed by atoms with van der Waals surface area (Å²) in [5.41, 5.74) is 0. The van der Waals surface area contributed by atoms with Gasteiger partial charge in [-0.3, -0.25) is 4.57 Å². The number of hydrogen-bond acceptors (Lipinski definition) is 6. The molecule has 0 spiro atoms. The fourth-order valence-corrected chi connectivity index (χ4v) is 4.71. The molecule has 2 atom stereocenters. The number of quaternary nitrogens is 1. The first-order chi connectivity index (χ1) is 17.2. The van der Waals surface area contributed by atoms with E-state index in [4.69, 9.17) is 18.5 Å². The number of rotatable bonds is 28. The predicted molar refractivity (Wildman–Crippen MR) is 148 cm³/mol. The first-order valence-electron chi connectivity index (χ1n) is 14.8. The van der Waals surface area contributed by atoms with Gasteiger partial charge in [-0.15, -0.1) is 0 Å². The fourth-order valence-electron chi connectivity index (χ4n) is 3.99. The number of phosphoric ester groups is 1. The Morgan fingerprint density at radius 3 is 1.58 bits per heavy atom. The normalized spacial score (nSPS) is 14.7. The Morgan fingerprint density at radius 2 is 1.14 bits per heavy atom. The van der Waals surface area contributed by atoms with Crippen LogP contribution in [0.1, 0.15) is 117 Å². The SMILES string of the molecule is CCCCCCCCCCCCCCCCCCOC[C@H](COP(=O)([O-])OCC[N+](C)(C)C)OCC. The van der Waals surface area contributed by atoms with Crippen molar-refractivity contribution in [2.24, 2.45) is 0 Å². The van der Waals surface area contributed by atoms with Crippen molar-refractivity contribution in [2.45, 2.75) is 123 Å². The van der Waals surface area contributed by atoms with E-state index in [9.17, 15) is 9.46 Å². The van der Waals surface area contributed by atoms with Crippen LogP contribution in [0.2, 0.25) is 0 Å². The van der Waals surface area contributed by atoms with Gasteiger partial charge < -0.3 is 27.9 Å². The molecule has 0 amide bonds. The standard InChI is InChI=1S/C28H60NO6P/c1-6-8-9-10-11-12-13-14-15-16-17-18-19-20-21-22-24-32-26-28(33-7-2)27-35-36(30,31)34-25-23-29(3,4)5/h28H,6-27H2,1-5H3/t28-/m1/s1. The van der Waals surface area contributed by atoms with Gasteiger partial charge in [-0.25, -0.2) is 0 Å². The number of nitrogens with zero attached hydrogens (tertiary/aromatic N) is 1. The van der Waals surface area contributed by atoms with Crippen LogP contribution in [0.15, 0.2) is 0 Å². The smallest absolute Gasteiger partial charge is 0.268 e. The van der Waals surface area contributed by atoms with Gasteiger partial charge in [-0.2, -0.15) is 0 Å². The minimum Gasteiger partial charge on any atom is -0.756 e. The third-order valence-electron chi connectivity index (χ3n) is 6.28. The zero-order valence-electron chi connectivity index (χ0n) is 24.5. The fraction of sp³-hybridized carbons (Fsp3) is 1.00. The molecule has 0 aliphatic carbocycles. The second kappa shape index (κ2) is 24.1. The van der Waals surface area contributed by atoms with E-state index < -0.39 is 13.9 Å². The van der Waals surface area contributed by atoms with Crippen molar-refractivity contribution >= 4 is 7.82 Å². The predicted octanol–water partition coefficient (Wildman–Crippen LogP) is 6.88. The molecule has 0 N–H and O–H groups in total. The topological polar surface area (TPSA) is 77.1 Å². The molecule has 0 saturated heterocycles. The monoisotopic (exact) mass is 537 g/mol. The highest BCUT2D eigenvalue weighted by Crippen LogP contribution is 2.38. The lowest BCUT2D eigenvalue weighted by molar-refractivity contribution is -0.870. The molecule has 0 bridgehead atoms. The molecule has 0 rings (SSSR count). The van der Waals surface area contributed by atoms with Crippen LogP contribution in [-0.4, -0.2) is 71.3 Å². The minimum atomic E-state index is -4.33. The van der Waals surface area contributed by atoms with Crippen molar-refractivity contribution in [3.8, 4) is 0 Å². The van der Waals surface area contributed by atoms with Crippen molar-refractivity contribution < 1.29 is 32.5 Å². The molecule has 0 fully saturated rings. The van der Waals surface area contributed by atoms with Crippen molar-refractivity contribution in [1.82, 2.24) is 0 Å². The molecule has 0 aromatic carbocycles. The van der Waals surface area contributed by atoms with Gasteiger partial charge in [-0.05, 0) is 13.3 Å². The van der Waals surface area contributed by atoms with E-state index in [0.29, 0.717) is 30.8 Å². The summed E-state index contributed by atoms with van der Waals surface area (Å²) in [7, 11) is 1.59. The van der Waals surface area contributed by atoms with Gasteiger partial charge in [0.25, 0.3) is 7.82 Å². The third-order valence-corrected chi connectivity index (χ3v) is 7.24. The number of ether oxygens (including phenoxy) is 2. The quantitative estimate of drug-likeness (QED) is 0.0615. The first-order valence-corrected chi connectivity index (χ1v) is 16.3. The van der Waals surface area contributed by atoms with E-state index in [0.717, 1.165) is 6.42 Å². The highest BCUT2D eigenvalue weighted by atomic mass is 31.2. The van der Waals surface area contributed by atoms with E-state index in [2.05, 4.69) is 6.92 Å². The summed E-state index contributed by atoms with van der Waals surface area (Å²) in [6.07, 6.45) is 21.1. The molecule has 0 aromatic rings. The molecule has 0 aromatic heterocycles. The van der Waals surface area contributed by atoms with Gasteiger partial charge in [0.1, 0.15) is 19.3 Å². The Labute approximate surface area is 223 Å². The van der Waals surface area contributed by atoms with Crippen LogP contribution in [0, 0.1) is 0 Å². The molecule has 1 unspecified atom stereocenters. The largest absolute Gasteiger partial charge is 0.756 e. The van der Waals surface area contributed by atoms with Crippen LogP contribution in [0.4, 0.5) is 0 Å². The van der Waals surface area contributed by atoms with Crippen molar-refractivity contribution in [3.05, 3.63) is 0 Å². The van der Waals surface area contributed by atoms with E-state index in [1.54, 1.807) is 0 Å². The van der Waals surface area contributed by atoms with Gasteiger partial charge in [-0.1, -0.05) is 103 Å². The molecule has 218 valence electrons. The summed E-state index contributed by atoms with van der Waals surface area (Å²) in [4.78, 5) is 11.9. The molecule has 0 aliphatic rings. The maximum absolute atomic E-state index is 11.9. The van der Waals surface area contributed by atoms with Crippen LogP contribution >= 0.6 is 7.82 Å².